The Bertz CT molecular complexity index is 1160. The number of ether oxygens (including phenoxy) is 2. The molecule has 3 aliphatic carbocycles. The molecule has 3 aliphatic heterocycles. The summed E-state index contributed by atoms with van der Waals surface area (Å²) < 4.78 is 11.1. The second-order valence-corrected chi connectivity index (χ2v) is 10.8. The average Bonchev–Trinajstić information content (AvgIpc) is 3.42. The summed E-state index contributed by atoms with van der Waals surface area (Å²) in [6, 6.07) is 2.48. The van der Waals surface area contributed by atoms with Crippen molar-refractivity contribution >= 4 is 11.9 Å². The largest absolute Gasteiger partial charge is 0.508 e. The van der Waals surface area contributed by atoms with E-state index in [4.69, 9.17) is 9.47 Å². The molecule has 2 bridgehead atoms. The fourth-order valence-corrected chi connectivity index (χ4v) is 7.24. The van der Waals surface area contributed by atoms with Crippen molar-refractivity contribution in [3.8, 4) is 11.5 Å². The molecule has 1 aromatic rings. The molecule has 3 fully saturated rings. The summed E-state index contributed by atoms with van der Waals surface area (Å²) in [7, 11) is 0. The molecule has 180 valence electrons. The molecule has 2 saturated heterocycles. The molecular weight excluding hydrogens is 440 g/mol. The maximum absolute atomic E-state index is 13.3. The maximum atomic E-state index is 13.3. The number of likely N-dealkylation sites (tertiary alicyclic amines) is 1. The number of aliphatic hydroxyl groups is 2. The monoisotopic (exact) mass is 468 g/mol. The molecule has 1 spiro atoms. The van der Waals surface area contributed by atoms with Gasteiger partial charge in [0.25, 0.3) is 5.91 Å². The van der Waals surface area contributed by atoms with Crippen LogP contribution in [0, 0.1) is 5.92 Å². The van der Waals surface area contributed by atoms with Gasteiger partial charge in [-0.3, -0.25) is 9.69 Å². The van der Waals surface area contributed by atoms with Crippen molar-refractivity contribution in [1.82, 2.24) is 10.2 Å². The van der Waals surface area contributed by atoms with E-state index in [9.17, 15) is 24.9 Å². The second-order valence-electron chi connectivity index (χ2n) is 10.8. The highest BCUT2D eigenvalue weighted by molar-refractivity contribution is 5.97. The van der Waals surface area contributed by atoms with E-state index < -0.39 is 35.0 Å². The van der Waals surface area contributed by atoms with E-state index in [1.807, 2.05) is 6.07 Å². The highest BCUT2D eigenvalue weighted by Crippen LogP contribution is 2.66. The molecule has 9 heteroatoms. The third kappa shape index (κ3) is 2.46. The summed E-state index contributed by atoms with van der Waals surface area (Å²) in [6.07, 6.45) is 2.86. The smallest absolute Gasteiger partial charge is 0.328 e. The lowest BCUT2D eigenvalue weighted by molar-refractivity contribution is -0.172. The van der Waals surface area contributed by atoms with Crippen LogP contribution in [0.3, 0.4) is 0 Å². The van der Waals surface area contributed by atoms with Crippen LogP contribution in [0.5, 0.6) is 11.5 Å². The summed E-state index contributed by atoms with van der Waals surface area (Å²) in [6.45, 7) is 1.89. The average molecular weight is 469 g/mol. The first-order chi connectivity index (χ1) is 16.3. The Morgan fingerprint density at radius 3 is 2.79 bits per heavy atom. The number of carbonyl (C=O) groups excluding carboxylic acids is 2. The minimum Gasteiger partial charge on any atom is -0.508 e. The molecule has 0 radical (unpaired) electrons. The Balaban J connectivity index is 1.35. The van der Waals surface area contributed by atoms with Crippen LogP contribution in [0.2, 0.25) is 0 Å². The molecule has 34 heavy (non-hydrogen) atoms. The van der Waals surface area contributed by atoms with E-state index in [2.05, 4.69) is 10.2 Å². The molecule has 7 rings (SSSR count). The number of cyclic esters (lactones) is 1. The predicted octanol–water partition coefficient (Wildman–Crippen LogP) is 0.810. The number of phenols is 1. The van der Waals surface area contributed by atoms with Gasteiger partial charge < -0.3 is 30.1 Å². The fraction of sp³-hybridized carbons (Fsp3) is 0.600. The summed E-state index contributed by atoms with van der Waals surface area (Å²) in [5.41, 5.74) is -0.490. The number of piperidine rings is 1. The normalized spacial score (nSPS) is 37.8. The van der Waals surface area contributed by atoms with Crippen molar-refractivity contribution in [1.29, 1.82) is 0 Å². The van der Waals surface area contributed by atoms with Gasteiger partial charge in [-0.25, -0.2) is 4.79 Å². The van der Waals surface area contributed by atoms with Crippen LogP contribution in [0.25, 0.3) is 0 Å². The molecule has 6 aliphatic rings. The van der Waals surface area contributed by atoms with E-state index >= 15 is 0 Å². The zero-order valence-corrected chi connectivity index (χ0v) is 18.7. The number of aromatic hydroxyl groups is 1. The Hall–Kier alpha value is -2.78. The van der Waals surface area contributed by atoms with Gasteiger partial charge in [0, 0.05) is 31.0 Å². The number of esters is 1. The van der Waals surface area contributed by atoms with Crippen molar-refractivity contribution in [3.63, 3.8) is 0 Å². The van der Waals surface area contributed by atoms with Crippen LogP contribution in [0.1, 0.15) is 43.2 Å². The lowest BCUT2D eigenvalue weighted by Gasteiger charge is -2.62. The van der Waals surface area contributed by atoms with Gasteiger partial charge in [0.15, 0.2) is 17.6 Å². The number of rotatable bonds is 4. The first-order valence-corrected chi connectivity index (χ1v) is 12.2. The van der Waals surface area contributed by atoms with Gasteiger partial charge in [-0.2, -0.15) is 0 Å². The van der Waals surface area contributed by atoms with Gasteiger partial charge in [0.1, 0.15) is 11.8 Å². The SMILES string of the molecule is O=C(N[C@H]1CCOC1=O)C1=C(O)[C@@H]2Oc3c(O)ccc4c3[C@@]23CCN(CC2CC2)[C@H](C4)[C@]3(O)C1. The topological polar surface area (TPSA) is 129 Å². The third-order valence-electron chi connectivity index (χ3n) is 9.03. The van der Waals surface area contributed by atoms with Gasteiger partial charge in [-0.05, 0) is 49.8 Å². The standard InChI is InChI=1S/C25H28N2O7/c28-16-4-3-13-9-17-25(32)10-14(22(30)26-15-5-8-33-23(15)31)19(29)21-24(25,18(13)20(16)34-21)6-7-27(17)11-12-1-2-12/h3-4,12,15,17,21,28-29,32H,1-2,5-11H2,(H,26,30)/t15-,17+,21-,24-,25+/m0/s1. The summed E-state index contributed by atoms with van der Waals surface area (Å²) >= 11 is 0. The van der Waals surface area contributed by atoms with Gasteiger partial charge in [-0.15, -0.1) is 0 Å². The number of hydrogen-bond donors (Lipinski definition) is 4. The van der Waals surface area contributed by atoms with Crippen molar-refractivity contribution < 1.29 is 34.4 Å². The van der Waals surface area contributed by atoms with Crippen molar-refractivity contribution in [3.05, 3.63) is 34.6 Å². The predicted molar refractivity (Wildman–Crippen MR) is 117 cm³/mol. The van der Waals surface area contributed by atoms with E-state index in [0.29, 0.717) is 30.9 Å². The number of phenolic OH excluding ortho intramolecular Hbond substituents is 1. The number of carbonyl (C=O) groups is 2. The molecule has 1 amide bonds. The molecule has 0 unspecified atom stereocenters. The number of nitrogens with zero attached hydrogens (tertiary/aromatic N) is 1. The molecule has 0 aromatic heterocycles. The van der Waals surface area contributed by atoms with Crippen molar-refractivity contribution in [2.75, 3.05) is 19.7 Å². The number of aliphatic hydroxyl groups excluding tert-OH is 1. The zero-order chi connectivity index (χ0) is 23.4. The number of benzene rings is 1. The van der Waals surface area contributed by atoms with Gasteiger partial charge in [-0.1, -0.05) is 6.07 Å². The van der Waals surface area contributed by atoms with Crippen LogP contribution in [-0.4, -0.2) is 75.6 Å². The highest BCUT2D eigenvalue weighted by atomic mass is 16.5. The first-order valence-electron chi connectivity index (χ1n) is 12.2. The third-order valence-corrected chi connectivity index (χ3v) is 9.03. The van der Waals surface area contributed by atoms with E-state index in [1.54, 1.807) is 6.07 Å². The Labute approximate surface area is 196 Å². The zero-order valence-electron chi connectivity index (χ0n) is 18.7. The van der Waals surface area contributed by atoms with Crippen LogP contribution in [0.4, 0.5) is 0 Å². The van der Waals surface area contributed by atoms with E-state index in [1.165, 1.54) is 12.8 Å². The first kappa shape index (κ1) is 20.6. The molecule has 1 saturated carbocycles. The molecule has 3 heterocycles. The quantitative estimate of drug-likeness (QED) is 0.478. The van der Waals surface area contributed by atoms with Crippen LogP contribution < -0.4 is 10.1 Å². The summed E-state index contributed by atoms with van der Waals surface area (Å²) in [5, 5.41) is 37.2. The van der Waals surface area contributed by atoms with Crippen LogP contribution in [0.15, 0.2) is 23.5 Å². The molecule has 5 atom stereocenters. The number of nitrogens with one attached hydrogen (secondary N) is 1. The van der Waals surface area contributed by atoms with Gasteiger partial charge in [0.05, 0.1) is 23.2 Å². The summed E-state index contributed by atoms with van der Waals surface area (Å²) in [5.74, 6) is -0.423. The Kier molecular flexibility index (Phi) is 4.03. The van der Waals surface area contributed by atoms with Crippen LogP contribution in [-0.2, 0) is 26.2 Å². The molecule has 9 nitrogen and oxygen atoms in total. The number of amides is 1. The lowest BCUT2D eigenvalue weighted by Crippen LogP contribution is -2.75. The molecule has 1 aromatic carbocycles. The second kappa shape index (κ2) is 6.66. The number of hydrogen-bond acceptors (Lipinski definition) is 8. The van der Waals surface area contributed by atoms with Crippen molar-refractivity contribution in [2.45, 2.75) is 67.7 Å². The van der Waals surface area contributed by atoms with E-state index in [0.717, 1.165) is 24.2 Å². The summed E-state index contributed by atoms with van der Waals surface area (Å²) in [4.78, 5) is 27.5. The lowest BCUT2D eigenvalue weighted by atomic mass is 9.49. The fourth-order valence-electron chi connectivity index (χ4n) is 7.24. The molecule has 4 N–H and O–H groups in total. The van der Waals surface area contributed by atoms with Gasteiger partial charge >= 0.3 is 5.97 Å². The minimum atomic E-state index is -1.37. The van der Waals surface area contributed by atoms with Crippen LogP contribution >= 0.6 is 0 Å². The highest BCUT2D eigenvalue weighted by Gasteiger charge is 2.73. The Morgan fingerprint density at radius 2 is 2.06 bits per heavy atom. The van der Waals surface area contributed by atoms with Gasteiger partial charge in [0.2, 0.25) is 0 Å². The minimum absolute atomic E-state index is 0.0313. The molecular formula is C25H28N2O7. The van der Waals surface area contributed by atoms with Crippen molar-refractivity contribution in [2.24, 2.45) is 5.92 Å². The Morgan fingerprint density at radius 1 is 1.24 bits per heavy atom. The maximum Gasteiger partial charge on any atom is 0.328 e. The van der Waals surface area contributed by atoms with E-state index in [-0.39, 0.29) is 36.2 Å².